The average molecular weight is 546 g/mol. The summed E-state index contributed by atoms with van der Waals surface area (Å²) in [5.41, 5.74) is 1.78. The van der Waals surface area contributed by atoms with Crippen LogP contribution in [0.1, 0.15) is 37.8 Å². The molecule has 31 heavy (non-hydrogen) atoms. The normalized spacial score (nSPS) is 11.8. The number of thioether (sulfide) groups is 1. The Bertz CT molecular complexity index is 860. The van der Waals surface area contributed by atoms with Crippen LogP contribution in [-0.4, -0.2) is 35.1 Å². The Morgan fingerprint density at radius 2 is 1.77 bits per heavy atom. The highest BCUT2D eigenvalue weighted by atomic mass is 79.9. The molecule has 0 saturated heterocycles. The molecule has 8 heteroatoms. The Labute approximate surface area is 207 Å². The van der Waals surface area contributed by atoms with Gasteiger partial charge >= 0.3 is 0 Å². The third-order valence-electron chi connectivity index (χ3n) is 4.79. The smallest absolute Gasteiger partial charge is 0.242 e. The first-order chi connectivity index (χ1) is 14.8. The lowest BCUT2D eigenvalue weighted by Gasteiger charge is -2.29. The number of unbranched alkanes of at least 4 members (excludes halogenated alkanes) is 1. The second-order valence-electron chi connectivity index (χ2n) is 7.16. The number of benzene rings is 2. The summed E-state index contributed by atoms with van der Waals surface area (Å²) in [6.07, 6.45) is 1.88. The molecule has 0 aliphatic heterocycles. The first-order valence-electron chi connectivity index (χ1n) is 10.2. The van der Waals surface area contributed by atoms with Crippen molar-refractivity contribution >= 4 is 62.7 Å². The molecular formula is C23H27BrCl2N2O2S. The van der Waals surface area contributed by atoms with E-state index in [0.29, 0.717) is 27.9 Å². The van der Waals surface area contributed by atoms with E-state index in [0.717, 1.165) is 22.9 Å². The van der Waals surface area contributed by atoms with Crippen LogP contribution in [0.25, 0.3) is 0 Å². The topological polar surface area (TPSA) is 49.4 Å². The predicted molar refractivity (Wildman–Crippen MR) is 135 cm³/mol. The van der Waals surface area contributed by atoms with Crippen LogP contribution < -0.4 is 5.32 Å². The number of amides is 2. The molecule has 0 spiro atoms. The van der Waals surface area contributed by atoms with Gasteiger partial charge in [-0.1, -0.05) is 70.7 Å². The number of carbonyl (C=O) groups excluding carboxylic acids is 2. The molecule has 0 fully saturated rings. The first kappa shape index (κ1) is 26.0. The zero-order valence-electron chi connectivity index (χ0n) is 17.7. The van der Waals surface area contributed by atoms with Crippen LogP contribution in [0.2, 0.25) is 10.0 Å². The highest BCUT2D eigenvalue weighted by Crippen LogP contribution is 2.27. The molecule has 2 amide bonds. The minimum atomic E-state index is -0.634. The van der Waals surface area contributed by atoms with Crippen LogP contribution in [-0.2, 0) is 21.9 Å². The van der Waals surface area contributed by atoms with E-state index in [1.165, 1.54) is 11.8 Å². The van der Waals surface area contributed by atoms with Crippen molar-refractivity contribution < 1.29 is 9.59 Å². The van der Waals surface area contributed by atoms with Crippen LogP contribution in [0.5, 0.6) is 0 Å². The summed E-state index contributed by atoms with van der Waals surface area (Å²) in [5, 5.41) is 3.87. The van der Waals surface area contributed by atoms with Gasteiger partial charge in [0.15, 0.2) is 0 Å². The van der Waals surface area contributed by atoms with Crippen LogP contribution >= 0.6 is 50.9 Å². The Morgan fingerprint density at radius 3 is 2.39 bits per heavy atom. The fourth-order valence-electron chi connectivity index (χ4n) is 2.89. The molecule has 1 atom stereocenters. The highest BCUT2D eigenvalue weighted by molar-refractivity contribution is 9.10. The molecule has 0 unspecified atom stereocenters. The standard InChI is InChI=1S/C23H27BrCl2N2O2S/c1-3-4-12-27-23(30)16(2)28(13-19-20(25)6-5-7-21(19)26)22(29)15-31-14-17-8-10-18(24)11-9-17/h5-11,16H,3-4,12-15H2,1-2H3,(H,27,30)/t16-/m0/s1. The summed E-state index contributed by atoms with van der Waals surface area (Å²) < 4.78 is 1.02. The number of nitrogens with zero attached hydrogens (tertiary/aromatic N) is 1. The lowest BCUT2D eigenvalue weighted by atomic mass is 10.1. The maximum atomic E-state index is 13.1. The zero-order chi connectivity index (χ0) is 22.8. The molecule has 0 aliphatic carbocycles. The van der Waals surface area contributed by atoms with Crippen LogP contribution in [0, 0.1) is 0 Å². The monoisotopic (exact) mass is 544 g/mol. The van der Waals surface area contributed by atoms with Gasteiger partial charge in [0.05, 0.1) is 5.75 Å². The lowest BCUT2D eigenvalue weighted by Crippen LogP contribution is -2.48. The van der Waals surface area contributed by atoms with E-state index in [2.05, 4.69) is 28.2 Å². The van der Waals surface area contributed by atoms with Gasteiger partial charge in [-0.3, -0.25) is 9.59 Å². The summed E-state index contributed by atoms with van der Waals surface area (Å²) in [5.74, 6) is 0.653. The Kier molecular flexibility index (Phi) is 11.2. The minimum Gasteiger partial charge on any atom is -0.354 e. The van der Waals surface area contributed by atoms with Crippen molar-refractivity contribution in [2.24, 2.45) is 0 Å². The minimum absolute atomic E-state index is 0.128. The van der Waals surface area contributed by atoms with Gasteiger partial charge in [-0.15, -0.1) is 11.8 Å². The van der Waals surface area contributed by atoms with Crippen LogP contribution in [0.15, 0.2) is 46.9 Å². The number of halogens is 3. The molecular weight excluding hydrogens is 519 g/mol. The van der Waals surface area contributed by atoms with Crippen LogP contribution in [0.3, 0.4) is 0 Å². The molecule has 0 aromatic heterocycles. The quantitative estimate of drug-likeness (QED) is 0.336. The summed E-state index contributed by atoms with van der Waals surface area (Å²) in [6, 6.07) is 12.6. The SMILES string of the molecule is CCCCNC(=O)[C@H](C)N(Cc1c(Cl)cccc1Cl)C(=O)CSCc1ccc(Br)cc1. The largest absolute Gasteiger partial charge is 0.354 e. The van der Waals surface area contributed by atoms with Crippen molar-refractivity contribution in [3.63, 3.8) is 0 Å². The molecule has 168 valence electrons. The van der Waals surface area contributed by atoms with Gasteiger partial charge in [-0.25, -0.2) is 0 Å². The maximum absolute atomic E-state index is 13.1. The molecule has 2 rings (SSSR count). The van der Waals surface area contributed by atoms with Crippen molar-refractivity contribution in [3.05, 3.63) is 68.1 Å². The van der Waals surface area contributed by atoms with Gasteiger partial charge in [-0.05, 0) is 43.2 Å². The van der Waals surface area contributed by atoms with E-state index in [4.69, 9.17) is 23.2 Å². The maximum Gasteiger partial charge on any atom is 0.242 e. The summed E-state index contributed by atoms with van der Waals surface area (Å²) in [7, 11) is 0. The lowest BCUT2D eigenvalue weighted by molar-refractivity contribution is -0.138. The van der Waals surface area contributed by atoms with Crippen molar-refractivity contribution in [1.82, 2.24) is 10.2 Å². The molecule has 2 aromatic carbocycles. The molecule has 0 heterocycles. The van der Waals surface area contributed by atoms with Crippen molar-refractivity contribution in [3.8, 4) is 0 Å². The van der Waals surface area contributed by atoms with Crippen molar-refractivity contribution in [2.75, 3.05) is 12.3 Å². The number of hydrogen-bond acceptors (Lipinski definition) is 3. The third-order valence-corrected chi connectivity index (χ3v) is 7.02. The van der Waals surface area contributed by atoms with Crippen molar-refractivity contribution in [1.29, 1.82) is 0 Å². The molecule has 1 N–H and O–H groups in total. The van der Waals surface area contributed by atoms with Gasteiger partial charge < -0.3 is 10.2 Å². The van der Waals surface area contributed by atoms with Gasteiger partial charge in [0.2, 0.25) is 11.8 Å². The second-order valence-corrected chi connectivity index (χ2v) is 9.88. The van der Waals surface area contributed by atoms with E-state index < -0.39 is 6.04 Å². The second kappa shape index (κ2) is 13.4. The first-order valence-corrected chi connectivity index (χ1v) is 12.9. The molecule has 0 bridgehead atoms. The Hall–Kier alpha value is -1.21. The van der Waals surface area contributed by atoms with Gasteiger partial charge in [0.1, 0.15) is 6.04 Å². The fraction of sp³-hybridized carbons (Fsp3) is 0.391. The molecule has 2 aromatic rings. The third kappa shape index (κ3) is 8.33. The number of hydrogen-bond donors (Lipinski definition) is 1. The summed E-state index contributed by atoms with van der Waals surface area (Å²) in [6.45, 7) is 4.57. The Balaban J connectivity index is 2.10. The number of nitrogens with one attached hydrogen (secondary N) is 1. The molecule has 0 aliphatic rings. The number of carbonyl (C=O) groups is 2. The summed E-state index contributed by atoms with van der Waals surface area (Å²) in [4.78, 5) is 27.3. The van der Waals surface area contributed by atoms with Gasteiger partial charge in [0, 0.05) is 38.9 Å². The van der Waals surface area contributed by atoms with Gasteiger partial charge in [0.25, 0.3) is 0 Å². The van der Waals surface area contributed by atoms with E-state index in [1.54, 1.807) is 30.0 Å². The molecule has 4 nitrogen and oxygen atoms in total. The highest BCUT2D eigenvalue weighted by Gasteiger charge is 2.27. The fourth-order valence-corrected chi connectivity index (χ4v) is 4.54. The average Bonchev–Trinajstić information content (AvgIpc) is 2.74. The van der Waals surface area contributed by atoms with Crippen LogP contribution in [0.4, 0.5) is 0 Å². The van der Waals surface area contributed by atoms with E-state index in [-0.39, 0.29) is 24.1 Å². The Morgan fingerprint density at radius 1 is 1.13 bits per heavy atom. The van der Waals surface area contributed by atoms with Gasteiger partial charge in [-0.2, -0.15) is 0 Å². The van der Waals surface area contributed by atoms with E-state index >= 15 is 0 Å². The van der Waals surface area contributed by atoms with E-state index in [1.807, 2.05) is 24.3 Å². The molecule has 0 radical (unpaired) electrons. The predicted octanol–water partition coefficient (Wildman–Crippen LogP) is 6.32. The van der Waals surface area contributed by atoms with E-state index in [9.17, 15) is 9.59 Å². The summed E-state index contributed by atoms with van der Waals surface area (Å²) >= 11 is 17.6. The molecule has 0 saturated carbocycles. The van der Waals surface area contributed by atoms with Crippen molar-refractivity contribution in [2.45, 2.75) is 45.0 Å². The number of rotatable bonds is 11. The zero-order valence-corrected chi connectivity index (χ0v) is 21.6.